The van der Waals surface area contributed by atoms with Crippen molar-refractivity contribution in [2.45, 2.75) is 213 Å². The fourth-order valence-corrected chi connectivity index (χ4v) is 7.17. The fourth-order valence-electron chi connectivity index (χ4n) is 7.17. The summed E-state index contributed by atoms with van der Waals surface area (Å²) in [5.41, 5.74) is 0. The molecule has 0 saturated heterocycles. The third kappa shape index (κ3) is 57.4. The van der Waals surface area contributed by atoms with Crippen molar-refractivity contribution >= 4 is 17.9 Å². The number of ether oxygens (including phenoxy) is 3. The molecule has 0 saturated carbocycles. The van der Waals surface area contributed by atoms with E-state index < -0.39 is 6.10 Å². The van der Waals surface area contributed by atoms with Crippen LogP contribution in [0.15, 0.2) is 182 Å². The zero-order valence-electron chi connectivity index (χ0n) is 46.8. The highest BCUT2D eigenvalue weighted by Gasteiger charge is 2.19. The summed E-state index contributed by atoms with van der Waals surface area (Å²) in [6.07, 6.45) is 90.1. The Bertz CT molecular complexity index is 1780. The molecule has 74 heavy (non-hydrogen) atoms. The topological polar surface area (TPSA) is 78.9 Å². The smallest absolute Gasteiger partial charge is 0.306 e. The SMILES string of the molecule is CC\C=C/C=C\C=C/C=C\C=C\C=C/C=C\CCCCCC(=O)OCC(COC(=O)CCCCCCC\C=C/C=C\C=C/C=C\C=C/CCC)OC(=O)CCCCCCCCCCC/C=C\C/C=C\C/C=C\CC. The van der Waals surface area contributed by atoms with E-state index in [1.54, 1.807) is 0 Å². The quantitative estimate of drug-likeness (QED) is 0.0199. The van der Waals surface area contributed by atoms with Gasteiger partial charge in [-0.15, -0.1) is 0 Å². The van der Waals surface area contributed by atoms with E-state index in [2.05, 4.69) is 93.7 Å². The van der Waals surface area contributed by atoms with Gasteiger partial charge in [0, 0.05) is 19.3 Å². The lowest BCUT2D eigenvalue weighted by Gasteiger charge is -2.18. The zero-order valence-corrected chi connectivity index (χ0v) is 46.8. The van der Waals surface area contributed by atoms with Crippen LogP contribution in [0.5, 0.6) is 0 Å². The van der Waals surface area contributed by atoms with E-state index in [1.165, 1.54) is 44.9 Å². The van der Waals surface area contributed by atoms with E-state index in [-0.39, 0.29) is 37.5 Å². The molecular weight excluding hydrogens is 913 g/mol. The largest absolute Gasteiger partial charge is 0.462 e. The number of unbranched alkanes of at least 4 members (excludes halogenated alkanes) is 18. The highest BCUT2D eigenvalue weighted by Crippen LogP contribution is 2.14. The normalized spacial score (nSPS) is 13.5. The Morgan fingerprint density at radius 1 is 0.297 bits per heavy atom. The van der Waals surface area contributed by atoms with Crippen LogP contribution in [0, 0.1) is 0 Å². The van der Waals surface area contributed by atoms with Crippen LogP contribution in [-0.2, 0) is 28.6 Å². The molecule has 0 spiro atoms. The molecule has 0 aromatic heterocycles. The zero-order chi connectivity index (χ0) is 53.6. The van der Waals surface area contributed by atoms with Gasteiger partial charge in [0.15, 0.2) is 6.10 Å². The third-order valence-corrected chi connectivity index (χ3v) is 11.4. The predicted molar refractivity (Wildman–Crippen MR) is 320 cm³/mol. The first-order chi connectivity index (χ1) is 36.5. The van der Waals surface area contributed by atoms with Crippen LogP contribution >= 0.6 is 0 Å². The number of hydrogen-bond acceptors (Lipinski definition) is 6. The van der Waals surface area contributed by atoms with E-state index in [0.29, 0.717) is 19.3 Å². The molecule has 0 bridgehead atoms. The molecule has 0 rings (SSSR count). The first kappa shape index (κ1) is 68.5. The van der Waals surface area contributed by atoms with Gasteiger partial charge in [-0.2, -0.15) is 0 Å². The Hall–Kier alpha value is -5.49. The Kier molecular flexibility index (Phi) is 55.6. The lowest BCUT2D eigenvalue weighted by atomic mass is 10.1. The molecule has 0 fully saturated rings. The summed E-state index contributed by atoms with van der Waals surface area (Å²) in [5.74, 6) is -1.00. The van der Waals surface area contributed by atoms with Gasteiger partial charge in [0.1, 0.15) is 13.2 Å². The highest BCUT2D eigenvalue weighted by atomic mass is 16.6. The van der Waals surface area contributed by atoms with Gasteiger partial charge in [0.05, 0.1) is 0 Å². The Morgan fingerprint density at radius 3 is 1.00 bits per heavy atom. The maximum atomic E-state index is 12.9. The first-order valence-electron chi connectivity index (χ1n) is 29.0. The molecule has 6 nitrogen and oxygen atoms in total. The van der Waals surface area contributed by atoms with Gasteiger partial charge >= 0.3 is 17.9 Å². The monoisotopic (exact) mass is 1010 g/mol. The minimum Gasteiger partial charge on any atom is -0.462 e. The van der Waals surface area contributed by atoms with Crippen molar-refractivity contribution in [3.05, 3.63) is 182 Å². The highest BCUT2D eigenvalue weighted by molar-refractivity contribution is 5.71. The van der Waals surface area contributed by atoms with Crippen molar-refractivity contribution in [3.8, 4) is 0 Å². The number of hydrogen-bond donors (Lipinski definition) is 0. The summed E-state index contributed by atoms with van der Waals surface area (Å²) < 4.78 is 16.8. The van der Waals surface area contributed by atoms with Crippen molar-refractivity contribution in [2.75, 3.05) is 13.2 Å². The van der Waals surface area contributed by atoms with Crippen LogP contribution < -0.4 is 0 Å². The first-order valence-corrected chi connectivity index (χ1v) is 29.0. The van der Waals surface area contributed by atoms with Crippen LogP contribution in [-0.4, -0.2) is 37.2 Å². The minimum atomic E-state index is -0.824. The Morgan fingerprint density at radius 2 is 0.595 bits per heavy atom. The molecule has 0 heterocycles. The van der Waals surface area contributed by atoms with Gasteiger partial charge in [-0.05, 0) is 89.9 Å². The molecule has 0 aromatic rings. The standard InChI is InChI=1S/C68H102O6/c1-4-7-10-13-16-19-22-25-28-31-34-37-40-43-46-49-52-55-58-61-67(70)73-64-65(63-72-66(69)60-57-54-51-48-45-42-39-36-33-30-27-24-21-18-15-12-9-6-3)74-68(71)62-59-56-53-50-47-44-41-38-35-32-29-26-23-20-17-14-11-8-5-2/h7-8,10-13,15-22,24-31,33-34,36-37,39-40,43,46,65H,4-6,9,14,23,32,35,38,41-42,44-45,47-64H2,1-3H3/b10-7-,11-8-,15-12-,16-13-,20-17-,21-18-,22-19-,27-24-,28-25-,29-26-,33-30-,34-31+,39-36-,40-37-,46-43-. The average molecular weight is 1020 g/mol. The number of rotatable bonds is 49. The summed E-state index contributed by atoms with van der Waals surface area (Å²) in [4.78, 5) is 38.2. The number of carbonyl (C=O) groups is 3. The van der Waals surface area contributed by atoms with Crippen LogP contribution in [0.3, 0.4) is 0 Å². The number of carbonyl (C=O) groups excluding carboxylic acids is 3. The molecule has 1 atom stereocenters. The summed E-state index contributed by atoms with van der Waals surface area (Å²) in [7, 11) is 0. The maximum absolute atomic E-state index is 12.9. The van der Waals surface area contributed by atoms with Crippen molar-refractivity contribution in [3.63, 3.8) is 0 Å². The van der Waals surface area contributed by atoms with E-state index in [4.69, 9.17) is 14.2 Å². The number of allylic oxidation sites excluding steroid dienone is 30. The molecule has 6 heteroatoms. The molecule has 0 aliphatic carbocycles. The summed E-state index contributed by atoms with van der Waals surface area (Å²) in [6.45, 7) is 6.21. The molecule has 0 radical (unpaired) electrons. The molecule has 0 aliphatic heterocycles. The summed E-state index contributed by atoms with van der Waals surface area (Å²) in [6, 6.07) is 0. The second-order valence-corrected chi connectivity index (χ2v) is 18.4. The Labute approximate surface area is 453 Å². The number of esters is 3. The molecule has 0 N–H and O–H groups in total. The van der Waals surface area contributed by atoms with Gasteiger partial charge in [0.25, 0.3) is 0 Å². The van der Waals surface area contributed by atoms with Crippen LogP contribution in [0.1, 0.15) is 207 Å². The van der Waals surface area contributed by atoms with Gasteiger partial charge in [-0.1, -0.05) is 280 Å². The van der Waals surface area contributed by atoms with Crippen LogP contribution in [0.4, 0.5) is 0 Å². The van der Waals surface area contributed by atoms with Crippen LogP contribution in [0.25, 0.3) is 0 Å². The Balaban J connectivity index is 4.60. The van der Waals surface area contributed by atoms with E-state index in [0.717, 1.165) is 116 Å². The fraction of sp³-hybridized carbons (Fsp3) is 0.515. The van der Waals surface area contributed by atoms with E-state index >= 15 is 0 Å². The molecule has 1 unspecified atom stereocenters. The predicted octanol–water partition coefficient (Wildman–Crippen LogP) is 19.7. The lowest BCUT2D eigenvalue weighted by Crippen LogP contribution is -2.30. The molecule has 0 aliphatic rings. The van der Waals surface area contributed by atoms with Crippen molar-refractivity contribution in [1.29, 1.82) is 0 Å². The van der Waals surface area contributed by atoms with Gasteiger partial charge < -0.3 is 14.2 Å². The second kappa shape index (κ2) is 60.1. The van der Waals surface area contributed by atoms with Crippen LogP contribution in [0.2, 0.25) is 0 Å². The lowest BCUT2D eigenvalue weighted by molar-refractivity contribution is -0.167. The van der Waals surface area contributed by atoms with Crippen molar-refractivity contribution < 1.29 is 28.6 Å². The van der Waals surface area contributed by atoms with Crippen molar-refractivity contribution in [1.82, 2.24) is 0 Å². The van der Waals surface area contributed by atoms with Crippen molar-refractivity contribution in [2.24, 2.45) is 0 Å². The summed E-state index contributed by atoms with van der Waals surface area (Å²) in [5, 5.41) is 0. The molecule has 0 aromatic carbocycles. The van der Waals surface area contributed by atoms with Gasteiger partial charge in [-0.25, -0.2) is 0 Å². The van der Waals surface area contributed by atoms with Gasteiger partial charge in [-0.3, -0.25) is 14.4 Å². The third-order valence-electron chi connectivity index (χ3n) is 11.4. The molecular formula is C68H102O6. The summed E-state index contributed by atoms with van der Waals surface area (Å²) >= 11 is 0. The second-order valence-electron chi connectivity index (χ2n) is 18.4. The molecule has 410 valence electrons. The maximum Gasteiger partial charge on any atom is 0.306 e. The minimum absolute atomic E-state index is 0.119. The average Bonchev–Trinajstić information content (AvgIpc) is 3.40. The molecule has 0 amide bonds. The van der Waals surface area contributed by atoms with Gasteiger partial charge in [0.2, 0.25) is 0 Å². The van der Waals surface area contributed by atoms with E-state index in [1.807, 2.05) is 109 Å². The van der Waals surface area contributed by atoms with E-state index in [9.17, 15) is 14.4 Å².